The number of carbonyl (C=O) groups is 2. The molecule has 0 radical (unpaired) electrons. The van der Waals surface area contributed by atoms with Crippen molar-refractivity contribution in [3.63, 3.8) is 0 Å². The molecule has 0 spiro atoms. The van der Waals surface area contributed by atoms with Crippen LogP contribution in [0, 0.1) is 0 Å². The third-order valence-electron chi connectivity index (χ3n) is 6.57. The first-order valence-corrected chi connectivity index (χ1v) is 15.9. The minimum atomic E-state index is -4.26. The Labute approximate surface area is 264 Å². The van der Waals surface area contributed by atoms with Gasteiger partial charge < -0.3 is 10.2 Å². The molecule has 1 atom stereocenters. The Bertz CT molecular complexity index is 1640. The van der Waals surface area contributed by atoms with E-state index in [9.17, 15) is 18.0 Å². The van der Waals surface area contributed by atoms with Gasteiger partial charge in [-0.2, -0.15) is 0 Å². The first-order chi connectivity index (χ1) is 20.1. The molecule has 0 aliphatic heterocycles. The molecular weight excluding hydrogens is 661 g/mol. The Morgan fingerprint density at radius 2 is 1.48 bits per heavy atom. The summed E-state index contributed by atoms with van der Waals surface area (Å²) in [5, 5.41) is 3.03. The van der Waals surface area contributed by atoms with E-state index in [-0.39, 0.29) is 34.5 Å². The molecule has 11 heteroatoms. The van der Waals surface area contributed by atoms with Crippen LogP contribution in [0.25, 0.3) is 0 Å². The van der Waals surface area contributed by atoms with Crippen LogP contribution in [0.3, 0.4) is 0 Å². The summed E-state index contributed by atoms with van der Waals surface area (Å²) < 4.78 is 29.7. The fourth-order valence-corrected chi connectivity index (χ4v) is 6.70. The second-order valence-corrected chi connectivity index (χ2v) is 13.0. The number of rotatable bonds is 11. The largest absolute Gasteiger partial charge is 0.357 e. The van der Waals surface area contributed by atoms with E-state index in [0.717, 1.165) is 19.9 Å². The molecule has 0 aliphatic carbocycles. The van der Waals surface area contributed by atoms with Gasteiger partial charge in [-0.1, -0.05) is 99.8 Å². The molecule has 0 saturated carbocycles. The van der Waals surface area contributed by atoms with Gasteiger partial charge in [0.2, 0.25) is 11.8 Å². The highest BCUT2D eigenvalue weighted by Gasteiger charge is 2.35. The molecule has 42 heavy (non-hydrogen) atoms. The summed E-state index contributed by atoms with van der Waals surface area (Å²) in [4.78, 5) is 29.0. The van der Waals surface area contributed by atoms with Crippen molar-refractivity contribution in [2.75, 3.05) is 17.9 Å². The van der Waals surface area contributed by atoms with Crippen molar-refractivity contribution in [3.8, 4) is 0 Å². The van der Waals surface area contributed by atoms with Gasteiger partial charge in [-0.25, -0.2) is 8.42 Å². The normalized spacial score (nSPS) is 11.9. The second kappa shape index (κ2) is 14.2. The van der Waals surface area contributed by atoms with Crippen molar-refractivity contribution in [1.29, 1.82) is 0 Å². The maximum absolute atomic E-state index is 14.3. The summed E-state index contributed by atoms with van der Waals surface area (Å²) in [6, 6.07) is 27.9. The van der Waals surface area contributed by atoms with E-state index in [1.807, 2.05) is 54.6 Å². The van der Waals surface area contributed by atoms with Crippen LogP contribution >= 0.6 is 39.1 Å². The second-order valence-electron chi connectivity index (χ2n) is 9.39. The number of likely N-dealkylation sites (N-methyl/N-ethyl adjacent to an activating group) is 1. The Hall–Kier alpha value is -3.37. The van der Waals surface area contributed by atoms with Crippen LogP contribution in [0.5, 0.6) is 0 Å². The molecule has 0 heterocycles. The zero-order valence-electron chi connectivity index (χ0n) is 22.6. The van der Waals surface area contributed by atoms with E-state index < -0.39 is 28.5 Å². The number of benzene rings is 4. The highest BCUT2D eigenvalue weighted by atomic mass is 79.9. The van der Waals surface area contributed by atoms with Gasteiger partial charge in [0.05, 0.1) is 15.6 Å². The zero-order valence-corrected chi connectivity index (χ0v) is 26.5. The number of amides is 2. The third-order valence-corrected chi connectivity index (χ3v) is 9.41. The van der Waals surface area contributed by atoms with E-state index >= 15 is 0 Å². The van der Waals surface area contributed by atoms with Gasteiger partial charge in [0.1, 0.15) is 12.6 Å². The van der Waals surface area contributed by atoms with Crippen LogP contribution in [0.15, 0.2) is 112 Å². The minimum absolute atomic E-state index is 0.0181. The molecule has 218 valence electrons. The molecule has 0 bridgehead atoms. The highest BCUT2D eigenvalue weighted by molar-refractivity contribution is 9.10. The van der Waals surface area contributed by atoms with Crippen molar-refractivity contribution in [1.82, 2.24) is 10.2 Å². The van der Waals surface area contributed by atoms with Crippen molar-refractivity contribution in [2.45, 2.75) is 23.9 Å². The minimum Gasteiger partial charge on any atom is -0.357 e. The molecule has 1 N–H and O–H groups in total. The number of hydrogen-bond acceptors (Lipinski definition) is 4. The first kappa shape index (κ1) is 31.6. The molecule has 0 aromatic heterocycles. The van der Waals surface area contributed by atoms with Crippen LogP contribution in [0.1, 0.15) is 11.1 Å². The van der Waals surface area contributed by atoms with E-state index in [1.165, 1.54) is 42.3 Å². The fraction of sp³-hybridized carbons (Fsp3) is 0.161. The van der Waals surface area contributed by atoms with Gasteiger partial charge in [0.25, 0.3) is 10.0 Å². The third kappa shape index (κ3) is 7.72. The quantitative estimate of drug-likeness (QED) is 0.199. The molecule has 0 unspecified atom stereocenters. The van der Waals surface area contributed by atoms with Crippen LogP contribution in [-0.4, -0.2) is 44.8 Å². The standard InChI is InChI=1S/C31H28BrCl2N3O4S/c1-35-31(39)29(18-22-8-4-2-5-9-22)36(20-23-12-14-24(32)15-13-23)30(38)21-37(28-17-16-25(33)19-27(28)34)42(40,41)26-10-6-3-7-11-26/h2-17,19,29H,18,20-21H2,1H3,(H,35,39)/t29-/m0/s1. The van der Waals surface area contributed by atoms with Crippen LogP contribution < -0.4 is 9.62 Å². The predicted octanol–water partition coefficient (Wildman–Crippen LogP) is 6.34. The van der Waals surface area contributed by atoms with Crippen LogP contribution in [0.2, 0.25) is 10.0 Å². The molecule has 0 saturated heterocycles. The number of sulfonamides is 1. The van der Waals surface area contributed by atoms with E-state index in [2.05, 4.69) is 21.2 Å². The van der Waals surface area contributed by atoms with Gasteiger partial charge in [0.15, 0.2) is 0 Å². The summed E-state index contributed by atoms with van der Waals surface area (Å²) in [5.41, 5.74) is 1.69. The lowest BCUT2D eigenvalue weighted by atomic mass is 10.0. The van der Waals surface area contributed by atoms with Crippen molar-refractivity contribution >= 4 is 66.7 Å². The lowest BCUT2D eigenvalue weighted by Crippen LogP contribution is -2.53. The molecule has 4 aromatic rings. The smallest absolute Gasteiger partial charge is 0.264 e. The molecule has 0 fully saturated rings. The lowest BCUT2D eigenvalue weighted by molar-refractivity contribution is -0.139. The summed E-state index contributed by atoms with van der Waals surface area (Å²) in [6.45, 7) is -0.554. The highest BCUT2D eigenvalue weighted by Crippen LogP contribution is 2.33. The number of anilines is 1. The predicted molar refractivity (Wildman–Crippen MR) is 170 cm³/mol. The number of nitrogens with one attached hydrogen (secondary N) is 1. The Morgan fingerprint density at radius 3 is 2.07 bits per heavy atom. The van der Waals surface area contributed by atoms with Crippen molar-refractivity contribution in [3.05, 3.63) is 129 Å². The van der Waals surface area contributed by atoms with Gasteiger partial charge in [-0.3, -0.25) is 13.9 Å². The molecule has 0 aliphatic rings. The summed E-state index contributed by atoms with van der Waals surface area (Å²) in [7, 11) is -2.75. The summed E-state index contributed by atoms with van der Waals surface area (Å²) in [6.07, 6.45) is 0.218. The fourth-order valence-electron chi connectivity index (χ4n) is 4.42. The Morgan fingerprint density at radius 1 is 0.857 bits per heavy atom. The molecule has 4 rings (SSSR count). The summed E-state index contributed by atoms with van der Waals surface area (Å²) in [5.74, 6) is -0.973. The Kier molecular flexibility index (Phi) is 10.7. The van der Waals surface area contributed by atoms with E-state index in [1.54, 1.807) is 18.2 Å². The maximum atomic E-state index is 14.3. The van der Waals surface area contributed by atoms with E-state index in [0.29, 0.717) is 5.02 Å². The molecule has 4 aromatic carbocycles. The van der Waals surface area contributed by atoms with Gasteiger partial charge in [-0.15, -0.1) is 0 Å². The number of nitrogens with zero attached hydrogens (tertiary/aromatic N) is 2. The number of carbonyl (C=O) groups excluding carboxylic acids is 2. The summed E-state index contributed by atoms with van der Waals surface area (Å²) >= 11 is 16.0. The monoisotopic (exact) mass is 687 g/mol. The SMILES string of the molecule is CNC(=O)[C@H](Cc1ccccc1)N(Cc1ccc(Br)cc1)C(=O)CN(c1ccc(Cl)cc1Cl)S(=O)(=O)c1ccccc1. The molecular formula is C31H28BrCl2N3O4S. The van der Waals surface area contributed by atoms with Gasteiger partial charge in [-0.05, 0) is 53.6 Å². The number of halogens is 3. The van der Waals surface area contributed by atoms with Crippen LogP contribution in [-0.2, 0) is 32.6 Å². The average Bonchev–Trinajstić information content (AvgIpc) is 2.99. The molecule has 7 nitrogen and oxygen atoms in total. The van der Waals surface area contributed by atoms with E-state index in [4.69, 9.17) is 23.2 Å². The molecule has 2 amide bonds. The van der Waals surface area contributed by atoms with Gasteiger partial charge >= 0.3 is 0 Å². The van der Waals surface area contributed by atoms with Crippen molar-refractivity contribution in [2.24, 2.45) is 0 Å². The zero-order chi connectivity index (χ0) is 30.3. The average molecular weight is 689 g/mol. The maximum Gasteiger partial charge on any atom is 0.264 e. The van der Waals surface area contributed by atoms with Gasteiger partial charge in [0, 0.05) is 29.5 Å². The first-order valence-electron chi connectivity index (χ1n) is 12.9. The van der Waals surface area contributed by atoms with Crippen molar-refractivity contribution < 1.29 is 18.0 Å². The Balaban J connectivity index is 1.80. The topological polar surface area (TPSA) is 86.8 Å². The van der Waals surface area contributed by atoms with Crippen LogP contribution in [0.4, 0.5) is 5.69 Å². The lowest BCUT2D eigenvalue weighted by Gasteiger charge is -2.33. The number of hydrogen-bond donors (Lipinski definition) is 1.